The first kappa shape index (κ1) is 19.4. The van der Waals surface area contributed by atoms with Crippen LogP contribution in [0, 0.1) is 30.3 Å². The van der Waals surface area contributed by atoms with Gasteiger partial charge in [-0.05, 0) is 21.5 Å². The van der Waals surface area contributed by atoms with Gasteiger partial charge in [0.25, 0.3) is 17.1 Å². The van der Waals surface area contributed by atoms with Gasteiger partial charge in [0.05, 0.1) is 33.0 Å². The number of hydrogen-bond donors (Lipinski definition) is 0. The molecule has 0 aliphatic heterocycles. The maximum absolute atomic E-state index is 10.3. The Hall–Kier alpha value is -4.40. The highest BCUT2D eigenvalue weighted by molar-refractivity contribution is 6.07. The molecule has 0 unspecified atom stereocenters. The maximum Gasteiger partial charge on any atom is 0.283 e. The topological polar surface area (TPSA) is 129 Å². The van der Waals surface area contributed by atoms with E-state index in [0.29, 0.717) is 18.2 Å². The molecule has 4 rings (SSSR count). The molecule has 0 aliphatic rings. The molecule has 144 valence electrons. The first-order chi connectivity index (χ1) is 13.9. The molecule has 29 heavy (non-hydrogen) atoms. The maximum atomic E-state index is 10.3. The summed E-state index contributed by atoms with van der Waals surface area (Å²) in [5, 5.41) is 36.2. The summed E-state index contributed by atoms with van der Waals surface area (Å²) in [6.45, 7) is 0. The van der Waals surface area contributed by atoms with E-state index in [4.69, 9.17) is 0 Å². The van der Waals surface area contributed by atoms with E-state index < -0.39 is 31.8 Å². The highest BCUT2D eigenvalue weighted by Gasteiger charge is 2.21. The Balaban J connectivity index is 0.000000166. The molecule has 0 aromatic heterocycles. The number of nitro benzene ring substituents is 3. The summed E-state index contributed by atoms with van der Waals surface area (Å²) in [5.74, 6) is 0. The van der Waals surface area contributed by atoms with Crippen LogP contribution in [0.5, 0.6) is 0 Å². The van der Waals surface area contributed by atoms with E-state index in [1.807, 2.05) is 0 Å². The summed E-state index contributed by atoms with van der Waals surface area (Å²) < 4.78 is 0. The Kier molecular flexibility index (Phi) is 5.40. The molecule has 0 bridgehead atoms. The minimum absolute atomic E-state index is 0.660. The molecular weight excluding hydrogens is 378 g/mol. The lowest BCUT2D eigenvalue weighted by Crippen LogP contribution is -1.96. The summed E-state index contributed by atoms with van der Waals surface area (Å²) >= 11 is 0. The second kappa shape index (κ2) is 8.09. The molecule has 0 aliphatic carbocycles. The zero-order valence-electron chi connectivity index (χ0n) is 14.8. The van der Waals surface area contributed by atoms with Crippen LogP contribution in [-0.4, -0.2) is 14.8 Å². The van der Waals surface area contributed by atoms with Crippen LogP contribution in [0.3, 0.4) is 0 Å². The Morgan fingerprint density at radius 2 is 0.793 bits per heavy atom. The monoisotopic (exact) mass is 391 g/mol. The van der Waals surface area contributed by atoms with Crippen molar-refractivity contribution in [2.24, 2.45) is 0 Å². The minimum Gasteiger partial charge on any atom is -0.258 e. The van der Waals surface area contributed by atoms with E-state index in [-0.39, 0.29) is 0 Å². The largest absolute Gasteiger partial charge is 0.283 e. The van der Waals surface area contributed by atoms with E-state index in [9.17, 15) is 30.3 Å². The number of nitro groups is 3. The molecule has 4 aromatic rings. The summed E-state index contributed by atoms with van der Waals surface area (Å²) in [7, 11) is 0. The van der Waals surface area contributed by atoms with Crippen LogP contribution in [0.25, 0.3) is 21.5 Å². The van der Waals surface area contributed by atoms with Crippen molar-refractivity contribution < 1.29 is 14.8 Å². The SMILES string of the molecule is O=[N+]([O-])c1cc([N+](=O)[O-])cc([N+](=O)[O-])c1.c1ccc2c(c1)ccc1ccccc12. The van der Waals surface area contributed by atoms with Crippen molar-refractivity contribution in [2.45, 2.75) is 0 Å². The van der Waals surface area contributed by atoms with Gasteiger partial charge in [-0.3, -0.25) is 30.3 Å². The Morgan fingerprint density at radius 1 is 0.483 bits per heavy atom. The molecule has 0 radical (unpaired) electrons. The summed E-state index contributed by atoms with van der Waals surface area (Å²) in [5.41, 5.74) is -2.05. The molecule has 0 saturated carbocycles. The van der Waals surface area contributed by atoms with Gasteiger partial charge in [0.1, 0.15) is 0 Å². The van der Waals surface area contributed by atoms with Gasteiger partial charge in [0.15, 0.2) is 0 Å². The highest BCUT2D eigenvalue weighted by atomic mass is 16.6. The predicted octanol–water partition coefficient (Wildman–Crippen LogP) is 5.40. The van der Waals surface area contributed by atoms with Crippen LogP contribution in [0.15, 0.2) is 78.9 Å². The second-order valence-electron chi connectivity index (χ2n) is 5.99. The quantitative estimate of drug-likeness (QED) is 0.261. The molecule has 0 spiro atoms. The molecule has 4 aromatic carbocycles. The first-order valence-corrected chi connectivity index (χ1v) is 8.31. The van der Waals surface area contributed by atoms with Gasteiger partial charge in [-0.25, -0.2) is 0 Å². The summed E-state index contributed by atoms with van der Waals surface area (Å²) in [4.78, 5) is 28.1. The average Bonchev–Trinajstić information content (AvgIpc) is 2.73. The standard InChI is InChI=1S/C14H10.C6H3N3O6/c1-3-7-13-11(5-1)9-10-12-6-2-4-8-14(12)13;10-7(11)4-1-5(8(12)13)3-6(2-4)9(14)15/h1-10H;1-3H. The normalized spacial score (nSPS) is 10.2. The zero-order chi connectivity index (χ0) is 21.0. The fourth-order valence-corrected chi connectivity index (χ4v) is 2.85. The summed E-state index contributed by atoms with van der Waals surface area (Å²) in [6.07, 6.45) is 0. The first-order valence-electron chi connectivity index (χ1n) is 8.31. The molecule has 9 nitrogen and oxygen atoms in total. The van der Waals surface area contributed by atoms with E-state index in [2.05, 4.69) is 60.7 Å². The van der Waals surface area contributed by atoms with Crippen molar-refractivity contribution in [3.05, 3.63) is 109 Å². The Morgan fingerprint density at radius 3 is 1.10 bits per heavy atom. The van der Waals surface area contributed by atoms with Crippen molar-refractivity contribution in [3.8, 4) is 0 Å². The number of rotatable bonds is 3. The van der Waals surface area contributed by atoms with Gasteiger partial charge in [-0.15, -0.1) is 0 Å². The van der Waals surface area contributed by atoms with Crippen molar-refractivity contribution in [1.82, 2.24) is 0 Å². The van der Waals surface area contributed by atoms with Gasteiger partial charge in [-0.1, -0.05) is 60.7 Å². The second-order valence-corrected chi connectivity index (χ2v) is 5.99. The molecule has 0 N–H and O–H groups in total. The third kappa shape index (κ3) is 4.30. The molecule has 0 atom stereocenters. The van der Waals surface area contributed by atoms with Gasteiger partial charge in [-0.2, -0.15) is 0 Å². The minimum atomic E-state index is -0.931. The van der Waals surface area contributed by atoms with Crippen LogP contribution in [0.2, 0.25) is 0 Å². The van der Waals surface area contributed by atoms with Gasteiger partial charge < -0.3 is 0 Å². The Labute approximate surface area is 163 Å². The Bertz CT molecular complexity index is 1120. The van der Waals surface area contributed by atoms with Gasteiger partial charge >= 0.3 is 0 Å². The van der Waals surface area contributed by atoms with Gasteiger partial charge in [0, 0.05) is 0 Å². The van der Waals surface area contributed by atoms with Crippen LogP contribution < -0.4 is 0 Å². The lowest BCUT2D eigenvalue weighted by Gasteiger charge is -2.02. The van der Waals surface area contributed by atoms with Crippen LogP contribution in [0.4, 0.5) is 17.1 Å². The number of hydrogen-bond acceptors (Lipinski definition) is 6. The predicted molar refractivity (Wildman–Crippen MR) is 108 cm³/mol. The number of fused-ring (bicyclic) bond motifs is 3. The average molecular weight is 391 g/mol. The van der Waals surface area contributed by atoms with Crippen molar-refractivity contribution >= 4 is 38.6 Å². The number of benzene rings is 4. The third-order valence-electron chi connectivity index (χ3n) is 4.17. The molecule has 0 saturated heterocycles. The third-order valence-corrected chi connectivity index (χ3v) is 4.17. The van der Waals surface area contributed by atoms with Crippen LogP contribution >= 0.6 is 0 Å². The number of nitrogens with zero attached hydrogens (tertiary/aromatic N) is 3. The fraction of sp³-hybridized carbons (Fsp3) is 0. The fourth-order valence-electron chi connectivity index (χ4n) is 2.85. The summed E-state index contributed by atoms with van der Waals surface area (Å²) in [6, 6.07) is 23.3. The highest BCUT2D eigenvalue weighted by Crippen LogP contribution is 2.27. The smallest absolute Gasteiger partial charge is 0.258 e. The van der Waals surface area contributed by atoms with E-state index in [0.717, 1.165) is 0 Å². The van der Waals surface area contributed by atoms with Crippen LogP contribution in [-0.2, 0) is 0 Å². The van der Waals surface area contributed by atoms with E-state index >= 15 is 0 Å². The van der Waals surface area contributed by atoms with Gasteiger partial charge in [0.2, 0.25) is 0 Å². The zero-order valence-corrected chi connectivity index (χ0v) is 14.8. The lowest BCUT2D eigenvalue weighted by molar-refractivity contribution is -0.403. The molecule has 9 heteroatoms. The van der Waals surface area contributed by atoms with Crippen molar-refractivity contribution in [3.63, 3.8) is 0 Å². The van der Waals surface area contributed by atoms with Crippen LogP contribution in [0.1, 0.15) is 0 Å². The van der Waals surface area contributed by atoms with E-state index in [1.165, 1.54) is 21.5 Å². The molecule has 0 heterocycles. The lowest BCUT2D eigenvalue weighted by atomic mass is 10.0. The molecule has 0 fully saturated rings. The molecule has 0 amide bonds. The van der Waals surface area contributed by atoms with Crippen molar-refractivity contribution in [1.29, 1.82) is 0 Å². The van der Waals surface area contributed by atoms with E-state index in [1.54, 1.807) is 0 Å². The number of non-ortho nitro benzene ring substituents is 3. The molecular formula is C20H13N3O6. The van der Waals surface area contributed by atoms with Crippen molar-refractivity contribution in [2.75, 3.05) is 0 Å².